The van der Waals surface area contributed by atoms with Crippen LogP contribution >= 0.6 is 11.6 Å². The number of hydrogen-bond acceptors (Lipinski definition) is 1. The molecule has 0 saturated heterocycles. The largest absolute Gasteiger partial charge is 0.417 e. The zero-order chi connectivity index (χ0) is 15.2. The van der Waals surface area contributed by atoms with E-state index in [1.165, 1.54) is 12.1 Å². The first kappa shape index (κ1) is 14.4. The second-order valence-corrected chi connectivity index (χ2v) is 5.82. The molecule has 2 heterocycles. The smallest absolute Gasteiger partial charge is 0.327 e. The lowest BCUT2D eigenvalue weighted by Gasteiger charge is -2.22. The highest BCUT2D eigenvalue weighted by molar-refractivity contribution is 6.30. The summed E-state index contributed by atoms with van der Waals surface area (Å²) in [5.74, 6) is 0.784. The standard InChI is InChI=1S/C15H14ClF3N2/c1-9-6-7-21-12(8-9)13(16)20-14(21)10-4-2-3-5-11(10)15(17,18)19/h2-5,9H,6-8H2,1H3. The van der Waals surface area contributed by atoms with Gasteiger partial charge in [0.1, 0.15) is 5.82 Å². The van der Waals surface area contributed by atoms with Gasteiger partial charge in [0.15, 0.2) is 5.15 Å². The van der Waals surface area contributed by atoms with Gasteiger partial charge >= 0.3 is 6.18 Å². The van der Waals surface area contributed by atoms with Crippen molar-refractivity contribution in [1.82, 2.24) is 9.55 Å². The fourth-order valence-electron chi connectivity index (χ4n) is 2.80. The van der Waals surface area contributed by atoms with E-state index in [4.69, 9.17) is 11.6 Å². The summed E-state index contributed by atoms with van der Waals surface area (Å²) in [6.45, 7) is 2.76. The summed E-state index contributed by atoms with van der Waals surface area (Å²) in [6, 6.07) is 5.50. The lowest BCUT2D eigenvalue weighted by Crippen LogP contribution is -2.18. The fraction of sp³-hybridized carbons (Fsp3) is 0.400. The van der Waals surface area contributed by atoms with E-state index < -0.39 is 11.7 Å². The molecule has 0 radical (unpaired) electrons. The van der Waals surface area contributed by atoms with E-state index in [2.05, 4.69) is 11.9 Å². The molecule has 0 amide bonds. The molecule has 0 aliphatic carbocycles. The highest BCUT2D eigenvalue weighted by Gasteiger charge is 2.35. The van der Waals surface area contributed by atoms with Gasteiger partial charge in [0.2, 0.25) is 0 Å². The van der Waals surface area contributed by atoms with Crippen molar-refractivity contribution in [3.05, 3.63) is 40.7 Å². The van der Waals surface area contributed by atoms with Crippen LogP contribution in [0.4, 0.5) is 13.2 Å². The second-order valence-electron chi connectivity index (χ2n) is 5.47. The van der Waals surface area contributed by atoms with E-state index in [0.717, 1.165) is 24.6 Å². The zero-order valence-electron chi connectivity index (χ0n) is 11.4. The van der Waals surface area contributed by atoms with Gasteiger partial charge in [-0.3, -0.25) is 0 Å². The van der Waals surface area contributed by atoms with Crippen LogP contribution in [-0.2, 0) is 19.1 Å². The van der Waals surface area contributed by atoms with E-state index in [1.807, 2.05) is 4.57 Å². The minimum Gasteiger partial charge on any atom is -0.327 e. The van der Waals surface area contributed by atoms with Gasteiger partial charge in [0.05, 0.1) is 11.3 Å². The van der Waals surface area contributed by atoms with Crippen LogP contribution in [0.5, 0.6) is 0 Å². The topological polar surface area (TPSA) is 17.8 Å². The van der Waals surface area contributed by atoms with Gasteiger partial charge in [0.25, 0.3) is 0 Å². The average Bonchev–Trinajstić information content (AvgIpc) is 2.75. The highest BCUT2D eigenvalue weighted by atomic mass is 35.5. The summed E-state index contributed by atoms with van der Waals surface area (Å²) in [5, 5.41) is 0.313. The third-order valence-corrected chi connectivity index (χ3v) is 4.19. The molecule has 3 rings (SSSR count). The number of halogens is 4. The van der Waals surface area contributed by atoms with Gasteiger partial charge in [-0.05, 0) is 24.8 Å². The first-order chi connectivity index (χ1) is 9.88. The summed E-state index contributed by atoms with van der Waals surface area (Å²) >= 11 is 6.13. The minimum absolute atomic E-state index is 0.0905. The highest BCUT2D eigenvalue weighted by Crippen LogP contribution is 2.39. The molecule has 2 nitrogen and oxygen atoms in total. The fourth-order valence-corrected chi connectivity index (χ4v) is 3.06. The summed E-state index contributed by atoms with van der Waals surface area (Å²) in [5.41, 5.74) is 0.253. The average molecular weight is 315 g/mol. The van der Waals surface area contributed by atoms with Crippen molar-refractivity contribution < 1.29 is 13.2 Å². The number of hydrogen-bond donors (Lipinski definition) is 0. The zero-order valence-corrected chi connectivity index (χ0v) is 12.2. The maximum atomic E-state index is 13.2. The van der Waals surface area contributed by atoms with E-state index in [0.29, 0.717) is 23.4 Å². The SMILES string of the molecule is CC1CCn2c(-c3ccccc3C(F)(F)F)nc(Cl)c2C1. The van der Waals surface area contributed by atoms with Gasteiger partial charge in [-0.2, -0.15) is 13.2 Å². The molecule has 1 atom stereocenters. The Kier molecular flexibility index (Phi) is 3.48. The summed E-state index contributed by atoms with van der Waals surface area (Å²) in [4.78, 5) is 4.20. The lowest BCUT2D eigenvalue weighted by molar-refractivity contribution is -0.137. The molecule has 6 heteroatoms. The maximum Gasteiger partial charge on any atom is 0.417 e. The van der Waals surface area contributed by atoms with Crippen molar-refractivity contribution in [3.63, 3.8) is 0 Å². The first-order valence-electron chi connectivity index (χ1n) is 6.79. The van der Waals surface area contributed by atoms with Crippen LogP contribution in [0.1, 0.15) is 24.6 Å². The molecule has 21 heavy (non-hydrogen) atoms. The van der Waals surface area contributed by atoms with Crippen molar-refractivity contribution in [2.24, 2.45) is 5.92 Å². The molecular weight excluding hydrogens is 301 g/mol. The number of aromatic nitrogens is 2. The molecule has 1 unspecified atom stereocenters. The van der Waals surface area contributed by atoms with Crippen molar-refractivity contribution in [1.29, 1.82) is 0 Å². The molecule has 0 spiro atoms. The summed E-state index contributed by atoms with van der Waals surface area (Å²) in [6.07, 6.45) is -2.74. The van der Waals surface area contributed by atoms with E-state index >= 15 is 0 Å². The number of fused-ring (bicyclic) bond motifs is 1. The molecule has 112 valence electrons. The van der Waals surface area contributed by atoms with Gasteiger partial charge in [-0.15, -0.1) is 0 Å². The molecular formula is C15H14ClF3N2. The molecule has 0 N–H and O–H groups in total. The molecule has 0 saturated carbocycles. The number of alkyl halides is 3. The molecule has 2 aromatic rings. The van der Waals surface area contributed by atoms with Crippen molar-refractivity contribution in [3.8, 4) is 11.4 Å². The summed E-state index contributed by atoms with van der Waals surface area (Å²) < 4.78 is 41.3. The third-order valence-electron chi connectivity index (χ3n) is 3.88. The third kappa shape index (κ3) is 2.55. The Balaban J connectivity index is 2.17. The Morgan fingerprint density at radius 3 is 2.71 bits per heavy atom. The lowest BCUT2D eigenvalue weighted by atomic mass is 9.98. The quantitative estimate of drug-likeness (QED) is 0.739. The van der Waals surface area contributed by atoms with Crippen LogP contribution in [0.15, 0.2) is 24.3 Å². The van der Waals surface area contributed by atoms with Crippen molar-refractivity contribution in [2.45, 2.75) is 32.5 Å². The van der Waals surface area contributed by atoms with Crippen LogP contribution in [0.3, 0.4) is 0 Å². The van der Waals surface area contributed by atoms with Crippen LogP contribution in [0, 0.1) is 5.92 Å². The second kappa shape index (κ2) is 5.05. The molecule has 0 fully saturated rings. The van der Waals surface area contributed by atoms with Gasteiger partial charge in [0, 0.05) is 12.1 Å². The van der Waals surface area contributed by atoms with Gasteiger partial charge < -0.3 is 4.57 Å². The predicted molar refractivity (Wildman–Crippen MR) is 75.2 cm³/mol. The number of rotatable bonds is 1. The van der Waals surface area contributed by atoms with Gasteiger partial charge in [-0.1, -0.05) is 36.7 Å². The van der Waals surface area contributed by atoms with E-state index in [1.54, 1.807) is 6.07 Å². The maximum absolute atomic E-state index is 13.2. The Labute approximate surface area is 125 Å². The van der Waals surface area contributed by atoms with Gasteiger partial charge in [-0.25, -0.2) is 4.98 Å². The Hall–Kier alpha value is -1.49. The molecule has 1 aromatic carbocycles. The van der Waals surface area contributed by atoms with Crippen molar-refractivity contribution >= 4 is 11.6 Å². The molecule has 1 aliphatic heterocycles. The van der Waals surface area contributed by atoms with E-state index in [9.17, 15) is 13.2 Å². The first-order valence-corrected chi connectivity index (χ1v) is 7.17. The monoisotopic (exact) mass is 314 g/mol. The van der Waals surface area contributed by atoms with E-state index in [-0.39, 0.29) is 5.56 Å². The molecule has 1 aromatic heterocycles. The Morgan fingerprint density at radius 1 is 1.29 bits per heavy atom. The number of benzene rings is 1. The van der Waals surface area contributed by atoms with Crippen molar-refractivity contribution in [2.75, 3.05) is 0 Å². The number of imidazole rings is 1. The summed E-state index contributed by atoms with van der Waals surface area (Å²) in [7, 11) is 0. The Morgan fingerprint density at radius 2 is 2.00 bits per heavy atom. The minimum atomic E-state index is -4.41. The van der Waals surface area contributed by atoms with Crippen LogP contribution in [0.2, 0.25) is 5.15 Å². The van der Waals surface area contributed by atoms with Crippen LogP contribution in [0.25, 0.3) is 11.4 Å². The Bertz CT molecular complexity index is 676. The molecule has 0 bridgehead atoms. The van der Waals surface area contributed by atoms with Crippen LogP contribution in [-0.4, -0.2) is 9.55 Å². The number of nitrogens with zero attached hydrogens (tertiary/aromatic N) is 2. The molecule has 1 aliphatic rings. The van der Waals surface area contributed by atoms with Crippen LogP contribution < -0.4 is 0 Å². The predicted octanol–water partition coefficient (Wildman–Crippen LogP) is 4.80. The normalized spacial score (nSPS) is 18.6.